The van der Waals surface area contributed by atoms with Crippen molar-refractivity contribution in [2.24, 2.45) is 16.6 Å². The Bertz CT molecular complexity index is 1010. The Hall–Kier alpha value is -2.98. The van der Waals surface area contributed by atoms with E-state index in [2.05, 4.69) is 32.4 Å². The highest BCUT2D eigenvalue weighted by atomic mass is 32.2. The molecule has 0 spiro atoms. The Kier molecular flexibility index (Phi) is 7.01. The summed E-state index contributed by atoms with van der Waals surface area (Å²) in [6.45, 7) is 4.72. The van der Waals surface area contributed by atoms with E-state index in [0.29, 0.717) is 22.9 Å². The van der Waals surface area contributed by atoms with Crippen molar-refractivity contribution in [3.63, 3.8) is 0 Å². The first-order valence-corrected chi connectivity index (χ1v) is 11.6. The number of rotatable bonds is 8. The standard InChI is InChI=1S/C22H28N8OS/c1-14-13-30(11-10-25-14)20-12-19(27-18(24)8-9-23)28-22(29-20)32-17-6-4-16(5-7-17)26-21(31)15-2-3-15/h4-7,9,12,14-15,23,25H,2-3,8,10-11,13H2,1H3,(H,26,31)(H2,24,27,28,29). The highest BCUT2D eigenvalue weighted by Gasteiger charge is 2.29. The Morgan fingerprint density at radius 1 is 1.38 bits per heavy atom. The first-order valence-electron chi connectivity index (χ1n) is 10.8. The summed E-state index contributed by atoms with van der Waals surface area (Å²) in [5.41, 5.74) is 6.72. The zero-order chi connectivity index (χ0) is 22.5. The lowest BCUT2D eigenvalue weighted by Crippen LogP contribution is -2.49. The molecule has 4 rings (SSSR count). The second-order valence-electron chi connectivity index (χ2n) is 8.07. The number of hydrogen-bond acceptors (Lipinski definition) is 8. The summed E-state index contributed by atoms with van der Waals surface area (Å²) in [5, 5.41) is 14.2. The Morgan fingerprint density at radius 2 is 2.16 bits per heavy atom. The molecule has 1 aliphatic heterocycles. The van der Waals surface area contributed by atoms with Gasteiger partial charge in [0.2, 0.25) is 5.91 Å². The number of anilines is 2. The normalized spacial score (nSPS) is 19.0. The second-order valence-corrected chi connectivity index (χ2v) is 9.11. The lowest BCUT2D eigenvalue weighted by atomic mass is 10.2. The van der Waals surface area contributed by atoms with E-state index in [1.807, 2.05) is 30.3 Å². The number of piperazine rings is 1. The van der Waals surface area contributed by atoms with Gasteiger partial charge in [-0.25, -0.2) is 15.0 Å². The number of aromatic nitrogens is 2. The quantitative estimate of drug-likeness (QED) is 0.275. The minimum Gasteiger partial charge on any atom is -0.387 e. The molecule has 1 aromatic carbocycles. The smallest absolute Gasteiger partial charge is 0.227 e. The molecule has 2 heterocycles. The number of hydrogen-bond donors (Lipinski definition) is 4. The number of carbonyl (C=O) groups is 1. The van der Waals surface area contributed by atoms with Crippen molar-refractivity contribution in [1.29, 1.82) is 5.41 Å². The number of nitrogens with one attached hydrogen (secondary N) is 3. The van der Waals surface area contributed by atoms with Crippen molar-refractivity contribution in [2.45, 2.75) is 42.3 Å². The fraction of sp³-hybridized carbons (Fsp3) is 0.409. The molecular formula is C22H28N8OS. The number of aliphatic imine (C=N–C) groups is 1. The van der Waals surface area contributed by atoms with Gasteiger partial charge in [0, 0.05) is 60.9 Å². The van der Waals surface area contributed by atoms with Gasteiger partial charge in [0.15, 0.2) is 11.0 Å². The van der Waals surface area contributed by atoms with E-state index in [-0.39, 0.29) is 18.2 Å². The molecule has 1 saturated heterocycles. The molecule has 0 radical (unpaired) electrons. The van der Waals surface area contributed by atoms with Gasteiger partial charge in [-0.05, 0) is 55.8 Å². The summed E-state index contributed by atoms with van der Waals surface area (Å²) in [4.78, 5) is 28.8. The van der Waals surface area contributed by atoms with Crippen LogP contribution in [0.4, 0.5) is 17.3 Å². The predicted octanol–water partition coefficient (Wildman–Crippen LogP) is 2.80. The number of nitrogens with zero attached hydrogens (tertiary/aromatic N) is 4. The monoisotopic (exact) mass is 452 g/mol. The van der Waals surface area contributed by atoms with Crippen LogP contribution in [0.3, 0.4) is 0 Å². The summed E-state index contributed by atoms with van der Waals surface area (Å²) in [6.07, 6.45) is 3.46. The van der Waals surface area contributed by atoms with Crippen molar-refractivity contribution in [3.8, 4) is 0 Å². The number of carbonyl (C=O) groups excluding carboxylic acids is 1. The highest BCUT2D eigenvalue weighted by molar-refractivity contribution is 7.99. The van der Waals surface area contributed by atoms with Gasteiger partial charge in [-0.3, -0.25) is 4.79 Å². The summed E-state index contributed by atoms with van der Waals surface area (Å²) in [6, 6.07) is 9.89. The summed E-state index contributed by atoms with van der Waals surface area (Å²) in [5.74, 6) is 1.90. The summed E-state index contributed by atoms with van der Waals surface area (Å²) < 4.78 is 0. The zero-order valence-electron chi connectivity index (χ0n) is 18.0. The van der Waals surface area contributed by atoms with Gasteiger partial charge < -0.3 is 26.7 Å². The van der Waals surface area contributed by atoms with Gasteiger partial charge in [-0.15, -0.1) is 0 Å². The van der Waals surface area contributed by atoms with Crippen LogP contribution in [0.15, 0.2) is 45.4 Å². The number of benzene rings is 1. The number of amidine groups is 1. The molecule has 0 bridgehead atoms. The third kappa shape index (κ3) is 6.04. The molecule has 168 valence electrons. The van der Waals surface area contributed by atoms with Crippen LogP contribution in [0.2, 0.25) is 0 Å². The van der Waals surface area contributed by atoms with Crippen LogP contribution in [-0.4, -0.2) is 53.6 Å². The van der Waals surface area contributed by atoms with Crippen molar-refractivity contribution in [3.05, 3.63) is 30.3 Å². The van der Waals surface area contributed by atoms with Gasteiger partial charge in [-0.1, -0.05) is 0 Å². The van der Waals surface area contributed by atoms with E-state index in [4.69, 9.17) is 16.1 Å². The predicted molar refractivity (Wildman–Crippen MR) is 128 cm³/mol. The largest absolute Gasteiger partial charge is 0.387 e. The third-order valence-electron chi connectivity index (χ3n) is 5.22. The SMILES string of the molecule is CC1CN(c2cc(N=C(N)CC=N)nc(Sc3ccc(NC(=O)C4CC4)cc3)n2)CCN1. The molecule has 1 aliphatic carbocycles. The van der Waals surface area contributed by atoms with Gasteiger partial charge in [0.1, 0.15) is 11.7 Å². The molecule has 1 aromatic heterocycles. The van der Waals surface area contributed by atoms with E-state index in [1.54, 1.807) is 0 Å². The third-order valence-corrected chi connectivity index (χ3v) is 6.09. The average Bonchev–Trinajstić information content (AvgIpc) is 3.61. The van der Waals surface area contributed by atoms with Crippen LogP contribution in [0.1, 0.15) is 26.2 Å². The van der Waals surface area contributed by atoms with Gasteiger partial charge >= 0.3 is 0 Å². The first kappa shape index (κ1) is 22.2. The topological polar surface area (TPSA) is 132 Å². The molecule has 1 amide bonds. The van der Waals surface area contributed by atoms with E-state index < -0.39 is 0 Å². The minimum atomic E-state index is 0.0942. The maximum absolute atomic E-state index is 12.0. The Balaban J connectivity index is 1.54. The Labute approximate surface area is 191 Å². The average molecular weight is 453 g/mol. The first-order chi connectivity index (χ1) is 15.5. The van der Waals surface area contributed by atoms with E-state index in [1.165, 1.54) is 18.0 Å². The molecule has 9 nitrogen and oxygen atoms in total. The molecule has 2 aliphatic rings. The van der Waals surface area contributed by atoms with Gasteiger partial charge in [0.25, 0.3) is 0 Å². The molecule has 5 N–H and O–H groups in total. The van der Waals surface area contributed by atoms with Crippen molar-refractivity contribution in [1.82, 2.24) is 15.3 Å². The zero-order valence-corrected chi connectivity index (χ0v) is 18.9. The maximum Gasteiger partial charge on any atom is 0.227 e. The fourth-order valence-corrected chi connectivity index (χ4v) is 4.17. The molecular weight excluding hydrogens is 424 g/mol. The van der Waals surface area contributed by atoms with Crippen LogP contribution in [0, 0.1) is 11.3 Å². The van der Waals surface area contributed by atoms with E-state index >= 15 is 0 Å². The molecule has 10 heteroatoms. The number of amides is 1. The molecule has 1 unspecified atom stereocenters. The van der Waals surface area contributed by atoms with Crippen LogP contribution >= 0.6 is 11.8 Å². The van der Waals surface area contributed by atoms with Crippen molar-refractivity contribution >= 4 is 47.0 Å². The lowest BCUT2D eigenvalue weighted by Gasteiger charge is -2.32. The molecule has 1 atom stereocenters. The van der Waals surface area contributed by atoms with Gasteiger partial charge in [0.05, 0.1) is 0 Å². The molecule has 2 fully saturated rings. The van der Waals surface area contributed by atoms with Crippen LogP contribution in [0.5, 0.6) is 0 Å². The summed E-state index contributed by atoms with van der Waals surface area (Å²) >= 11 is 1.44. The molecule has 32 heavy (non-hydrogen) atoms. The van der Waals surface area contributed by atoms with Crippen LogP contribution in [-0.2, 0) is 4.79 Å². The fourth-order valence-electron chi connectivity index (χ4n) is 3.41. The minimum absolute atomic E-state index is 0.0942. The lowest BCUT2D eigenvalue weighted by molar-refractivity contribution is -0.117. The summed E-state index contributed by atoms with van der Waals surface area (Å²) in [7, 11) is 0. The van der Waals surface area contributed by atoms with Crippen molar-refractivity contribution in [2.75, 3.05) is 29.9 Å². The Morgan fingerprint density at radius 3 is 2.84 bits per heavy atom. The van der Waals surface area contributed by atoms with Crippen LogP contribution < -0.4 is 21.3 Å². The second kappa shape index (κ2) is 10.1. The highest BCUT2D eigenvalue weighted by Crippen LogP contribution is 2.32. The maximum atomic E-state index is 12.0. The molecule has 1 saturated carbocycles. The van der Waals surface area contributed by atoms with E-state index in [0.717, 1.165) is 48.9 Å². The number of nitrogens with two attached hydrogens (primary N) is 1. The van der Waals surface area contributed by atoms with E-state index in [9.17, 15) is 4.79 Å². The van der Waals surface area contributed by atoms with Crippen molar-refractivity contribution < 1.29 is 4.79 Å². The molecule has 2 aromatic rings. The van der Waals surface area contributed by atoms with Gasteiger partial charge in [-0.2, -0.15) is 0 Å². The van der Waals surface area contributed by atoms with Crippen LogP contribution in [0.25, 0.3) is 0 Å².